The maximum Gasteiger partial charge on any atom is 0.323 e. The number of amides is 2. The van der Waals surface area contributed by atoms with Crippen molar-refractivity contribution in [3.05, 3.63) is 48.5 Å². The highest BCUT2D eigenvalue weighted by molar-refractivity contribution is 7.98. The molecular weight excluding hydrogens is 272 g/mol. The Hall–Kier alpha value is -2.14. The molecule has 0 bridgehead atoms. The van der Waals surface area contributed by atoms with Gasteiger partial charge in [-0.15, -0.1) is 11.8 Å². The van der Waals surface area contributed by atoms with Crippen LogP contribution < -0.4 is 15.4 Å². The van der Waals surface area contributed by atoms with Gasteiger partial charge in [-0.25, -0.2) is 4.79 Å². The molecule has 0 heterocycles. The Balaban J connectivity index is 1.93. The molecule has 0 saturated carbocycles. The number of methoxy groups -OCH3 is 1. The van der Waals surface area contributed by atoms with Crippen LogP contribution in [0.5, 0.6) is 5.75 Å². The molecular formula is C15H16N2O2S. The molecule has 0 fully saturated rings. The van der Waals surface area contributed by atoms with E-state index in [9.17, 15) is 4.79 Å². The number of ether oxygens (including phenoxy) is 1. The Kier molecular flexibility index (Phi) is 4.90. The lowest BCUT2D eigenvalue weighted by Gasteiger charge is -2.08. The number of anilines is 2. The first kappa shape index (κ1) is 14.3. The Morgan fingerprint density at radius 2 is 1.45 bits per heavy atom. The highest BCUT2D eigenvalue weighted by Crippen LogP contribution is 2.18. The van der Waals surface area contributed by atoms with E-state index in [1.54, 1.807) is 43.1 Å². The van der Waals surface area contributed by atoms with Gasteiger partial charge in [0.15, 0.2) is 0 Å². The second-order valence-corrected chi connectivity index (χ2v) is 4.92. The molecule has 0 aliphatic rings. The van der Waals surface area contributed by atoms with Crippen molar-refractivity contribution in [3.63, 3.8) is 0 Å². The van der Waals surface area contributed by atoms with Gasteiger partial charge in [-0.05, 0) is 54.8 Å². The molecule has 0 saturated heterocycles. The topological polar surface area (TPSA) is 50.4 Å². The molecule has 20 heavy (non-hydrogen) atoms. The van der Waals surface area contributed by atoms with Crippen molar-refractivity contribution < 1.29 is 9.53 Å². The van der Waals surface area contributed by atoms with Gasteiger partial charge < -0.3 is 15.4 Å². The molecule has 2 aromatic carbocycles. The summed E-state index contributed by atoms with van der Waals surface area (Å²) in [5, 5.41) is 5.54. The minimum absolute atomic E-state index is 0.271. The number of hydrogen-bond donors (Lipinski definition) is 2. The summed E-state index contributed by atoms with van der Waals surface area (Å²) in [5.74, 6) is 0.753. The zero-order chi connectivity index (χ0) is 14.4. The first-order valence-corrected chi connectivity index (χ1v) is 7.30. The van der Waals surface area contributed by atoms with Gasteiger partial charge >= 0.3 is 6.03 Å². The Morgan fingerprint density at radius 1 is 0.950 bits per heavy atom. The van der Waals surface area contributed by atoms with E-state index in [0.717, 1.165) is 16.3 Å². The summed E-state index contributed by atoms with van der Waals surface area (Å²) in [6, 6.07) is 14.6. The molecule has 2 N–H and O–H groups in total. The highest BCUT2D eigenvalue weighted by Gasteiger charge is 2.03. The lowest BCUT2D eigenvalue weighted by atomic mass is 10.3. The fraction of sp³-hybridized carbons (Fsp3) is 0.133. The van der Waals surface area contributed by atoms with Gasteiger partial charge in [0, 0.05) is 16.3 Å². The predicted octanol–water partition coefficient (Wildman–Crippen LogP) is 4.06. The van der Waals surface area contributed by atoms with Crippen molar-refractivity contribution in [3.8, 4) is 5.75 Å². The maximum absolute atomic E-state index is 11.8. The number of rotatable bonds is 4. The van der Waals surface area contributed by atoms with Crippen LogP contribution in [0.25, 0.3) is 0 Å². The fourth-order valence-electron chi connectivity index (χ4n) is 1.64. The fourth-order valence-corrected chi connectivity index (χ4v) is 2.05. The summed E-state index contributed by atoms with van der Waals surface area (Å²) in [6.07, 6.45) is 2.01. The maximum atomic E-state index is 11.8. The second-order valence-electron chi connectivity index (χ2n) is 4.04. The lowest BCUT2D eigenvalue weighted by Crippen LogP contribution is -2.19. The van der Waals surface area contributed by atoms with Crippen LogP contribution in [0.15, 0.2) is 53.4 Å². The summed E-state index contributed by atoms with van der Waals surface area (Å²) < 4.78 is 5.06. The average Bonchev–Trinajstić information content (AvgIpc) is 2.49. The number of urea groups is 1. The van der Waals surface area contributed by atoms with Gasteiger partial charge in [0.05, 0.1) is 7.11 Å². The van der Waals surface area contributed by atoms with Gasteiger partial charge in [0.25, 0.3) is 0 Å². The number of carbonyl (C=O) groups excluding carboxylic acids is 1. The molecule has 2 rings (SSSR count). The number of benzene rings is 2. The molecule has 0 aliphatic heterocycles. The third-order valence-electron chi connectivity index (χ3n) is 2.70. The number of hydrogen-bond acceptors (Lipinski definition) is 3. The van der Waals surface area contributed by atoms with E-state index in [0.29, 0.717) is 5.69 Å². The Bertz CT molecular complexity index is 516. The smallest absolute Gasteiger partial charge is 0.323 e. The molecule has 0 atom stereocenters. The summed E-state index contributed by atoms with van der Waals surface area (Å²) in [4.78, 5) is 13.0. The van der Waals surface area contributed by atoms with E-state index >= 15 is 0 Å². The van der Waals surface area contributed by atoms with E-state index in [4.69, 9.17) is 4.74 Å². The summed E-state index contributed by atoms with van der Waals surface area (Å²) in [7, 11) is 1.60. The van der Waals surface area contributed by atoms with E-state index < -0.39 is 0 Å². The van der Waals surface area contributed by atoms with E-state index in [2.05, 4.69) is 10.6 Å². The number of nitrogens with one attached hydrogen (secondary N) is 2. The standard InChI is InChI=1S/C15H16N2O2S/c1-19-13-7-3-11(4-8-13)16-15(18)17-12-5-9-14(20-2)10-6-12/h3-10H,1-2H3,(H2,16,17,18). The largest absolute Gasteiger partial charge is 0.497 e. The van der Waals surface area contributed by atoms with Gasteiger partial charge in [0.1, 0.15) is 5.75 Å². The minimum atomic E-state index is -0.271. The van der Waals surface area contributed by atoms with Gasteiger partial charge in [-0.3, -0.25) is 0 Å². The average molecular weight is 288 g/mol. The predicted molar refractivity (Wildman–Crippen MR) is 83.9 cm³/mol. The third kappa shape index (κ3) is 3.93. The Labute approximate surface area is 122 Å². The third-order valence-corrected chi connectivity index (χ3v) is 3.44. The number of carbonyl (C=O) groups is 1. The first-order chi connectivity index (χ1) is 9.71. The molecule has 0 unspecified atom stereocenters. The Morgan fingerprint density at radius 3 is 1.90 bits per heavy atom. The van der Waals surface area contributed by atoms with Gasteiger partial charge in [-0.2, -0.15) is 0 Å². The molecule has 0 spiro atoms. The SMILES string of the molecule is COc1ccc(NC(=O)Nc2ccc(SC)cc2)cc1. The summed E-state index contributed by atoms with van der Waals surface area (Å²) >= 11 is 1.66. The molecule has 104 valence electrons. The van der Waals surface area contributed by atoms with Crippen molar-refractivity contribution >= 4 is 29.2 Å². The van der Waals surface area contributed by atoms with Gasteiger partial charge in [-0.1, -0.05) is 0 Å². The van der Waals surface area contributed by atoms with E-state index in [1.807, 2.05) is 30.5 Å². The highest BCUT2D eigenvalue weighted by atomic mass is 32.2. The van der Waals surface area contributed by atoms with Crippen LogP contribution in [-0.2, 0) is 0 Å². The molecule has 5 heteroatoms. The summed E-state index contributed by atoms with van der Waals surface area (Å²) in [5.41, 5.74) is 1.47. The van der Waals surface area contributed by atoms with Crippen molar-refractivity contribution in [1.82, 2.24) is 0 Å². The van der Waals surface area contributed by atoms with Crippen LogP contribution in [0.4, 0.5) is 16.2 Å². The molecule has 0 radical (unpaired) electrons. The van der Waals surface area contributed by atoms with Crippen molar-refractivity contribution in [2.45, 2.75) is 4.90 Å². The molecule has 4 nitrogen and oxygen atoms in total. The quantitative estimate of drug-likeness (QED) is 0.834. The lowest BCUT2D eigenvalue weighted by molar-refractivity contribution is 0.262. The normalized spacial score (nSPS) is 9.90. The molecule has 2 aromatic rings. The van der Waals surface area contributed by atoms with Crippen LogP contribution in [-0.4, -0.2) is 19.4 Å². The summed E-state index contributed by atoms with van der Waals surface area (Å²) in [6.45, 7) is 0. The van der Waals surface area contributed by atoms with Gasteiger partial charge in [0.2, 0.25) is 0 Å². The van der Waals surface area contributed by atoms with Crippen LogP contribution in [0.3, 0.4) is 0 Å². The monoisotopic (exact) mass is 288 g/mol. The molecule has 2 amide bonds. The second kappa shape index (κ2) is 6.86. The van der Waals surface area contributed by atoms with Crippen LogP contribution in [0, 0.1) is 0 Å². The van der Waals surface area contributed by atoms with Crippen LogP contribution in [0.2, 0.25) is 0 Å². The van der Waals surface area contributed by atoms with Crippen LogP contribution in [0.1, 0.15) is 0 Å². The van der Waals surface area contributed by atoms with Crippen molar-refractivity contribution in [2.75, 3.05) is 24.0 Å². The zero-order valence-electron chi connectivity index (χ0n) is 11.3. The first-order valence-electron chi connectivity index (χ1n) is 6.07. The molecule has 0 aliphatic carbocycles. The molecule has 0 aromatic heterocycles. The van der Waals surface area contributed by atoms with E-state index in [1.165, 1.54) is 0 Å². The van der Waals surface area contributed by atoms with E-state index in [-0.39, 0.29) is 6.03 Å². The minimum Gasteiger partial charge on any atom is -0.497 e. The van der Waals surface area contributed by atoms with Crippen molar-refractivity contribution in [1.29, 1.82) is 0 Å². The zero-order valence-corrected chi connectivity index (χ0v) is 12.2. The van der Waals surface area contributed by atoms with Crippen molar-refractivity contribution in [2.24, 2.45) is 0 Å². The van der Waals surface area contributed by atoms with Crippen LogP contribution >= 0.6 is 11.8 Å². The number of thioether (sulfide) groups is 1.